The molecule has 0 aliphatic carbocycles. The molecule has 1 atom stereocenters. The molecule has 1 amide bonds. The van der Waals surface area contributed by atoms with Crippen molar-refractivity contribution in [3.63, 3.8) is 0 Å². The van der Waals surface area contributed by atoms with E-state index in [0.717, 1.165) is 11.1 Å². The van der Waals surface area contributed by atoms with Crippen molar-refractivity contribution in [2.75, 3.05) is 23.7 Å². The van der Waals surface area contributed by atoms with E-state index >= 15 is 0 Å². The average Bonchev–Trinajstić information content (AvgIpc) is 2.84. The third-order valence-electron chi connectivity index (χ3n) is 5.38. The van der Waals surface area contributed by atoms with E-state index in [9.17, 15) is 13.2 Å². The van der Waals surface area contributed by atoms with Gasteiger partial charge in [-0.15, -0.1) is 11.8 Å². The van der Waals surface area contributed by atoms with E-state index in [1.54, 1.807) is 67.2 Å². The molecule has 0 heterocycles. The summed E-state index contributed by atoms with van der Waals surface area (Å²) in [6.45, 7) is 5.78. The van der Waals surface area contributed by atoms with Crippen LogP contribution < -0.4 is 14.4 Å². The number of rotatable bonds is 10. The highest BCUT2D eigenvalue weighted by molar-refractivity contribution is 7.98. The number of hydrogen-bond donors (Lipinski definition) is 1. The largest absolute Gasteiger partial charge is 0.484 e. The highest BCUT2D eigenvalue weighted by atomic mass is 32.2. The molecular formula is C26H30N2O4S2. The lowest BCUT2D eigenvalue weighted by atomic mass is 10.1. The van der Waals surface area contributed by atoms with E-state index in [1.807, 2.05) is 44.4 Å². The molecule has 3 rings (SSSR count). The number of hydrogen-bond acceptors (Lipinski definition) is 5. The molecule has 3 aromatic carbocycles. The standard InChI is InChI=1S/C26H30N2O4S2/c1-5-28(34(30,31)25-16-6-19(2)7-17-25)22-10-12-23(13-11-22)32-18-26(29)27-20(3)21-8-14-24(33-4)15-9-21/h6-17,20H,5,18H2,1-4H3,(H,27,29)/t20-/m0/s1. The van der Waals surface area contributed by atoms with Gasteiger partial charge in [0, 0.05) is 11.4 Å². The van der Waals surface area contributed by atoms with Gasteiger partial charge in [0.15, 0.2) is 6.61 Å². The van der Waals surface area contributed by atoms with Crippen LogP contribution in [0.1, 0.15) is 31.0 Å². The van der Waals surface area contributed by atoms with Gasteiger partial charge in [-0.25, -0.2) is 8.42 Å². The molecule has 3 aromatic rings. The van der Waals surface area contributed by atoms with E-state index in [4.69, 9.17) is 4.74 Å². The number of amides is 1. The SMILES string of the molecule is CCN(c1ccc(OCC(=O)N[C@@H](C)c2ccc(SC)cc2)cc1)S(=O)(=O)c1ccc(C)cc1. The highest BCUT2D eigenvalue weighted by Gasteiger charge is 2.23. The monoisotopic (exact) mass is 498 g/mol. The Balaban J connectivity index is 1.60. The Labute approximate surface area is 206 Å². The summed E-state index contributed by atoms with van der Waals surface area (Å²) in [5.74, 6) is 0.252. The van der Waals surface area contributed by atoms with Gasteiger partial charge in [0.2, 0.25) is 0 Å². The maximum absolute atomic E-state index is 13.1. The van der Waals surface area contributed by atoms with Gasteiger partial charge in [-0.2, -0.15) is 0 Å². The number of nitrogens with zero attached hydrogens (tertiary/aromatic N) is 1. The first-order chi connectivity index (χ1) is 16.2. The molecule has 0 aliphatic rings. The van der Waals surface area contributed by atoms with Gasteiger partial charge in [0.05, 0.1) is 16.6 Å². The van der Waals surface area contributed by atoms with Gasteiger partial charge in [-0.05, 0) is 81.1 Å². The van der Waals surface area contributed by atoms with Crippen LogP contribution in [0.25, 0.3) is 0 Å². The summed E-state index contributed by atoms with van der Waals surface area (Å²) in [5, 5.41) is 2.93. The zero-order valence-electron chi connectivity index (χ0n) is 19.8. The van der Waals surface area contributed by atoms with Crippen LogP contribution in [-0.4, -0.2) is 33.7 Å². The minimum Gasteiger partial charge on any atom is -0.484 e. The fraction of sp³-hybridized carbons (Fsp3) is 0.269. The summed E-state index contributed by atoms with van der Waals surface area (Å²) in [4.78, 5) is 13.7. The first kappa shape index (κ1) is 25.6. The molecule has 34 heavy (non-hydrogen) atoms. The predicted molar refractivity (Wildman–Crippen MR) is 138 cm³/mol. The topological polar surface area (TPSA) is 75.7 Å². The number of carbonyl (C=O) groups excluding carboxylic acids is 1. The molecule has 8 heteroatoms. The van der Waals surface area contributed by atoms with Gasteiger partial charge in [-0.1, -0.05) is 29.8 Å². The Kier molecular flexibility index (Phi) is 8.63. The van der Waals surface area contributed by atoms with Crippen molar-refractivity contribution in [1.29, 1.82) is 0 Å². The molecule has 0 unspecified atom stereocenters. The Morgan fingerprint density at radius 1 is 1.00 bits per heavy atom. The van der Waals surface area contributed by atoms with E-state index in [1.165, 1.54) is 9.20 Å². The second-order valence-electron chi connectivity index (χ2n) is 7.83. The minimum atomic E-state index is -3.68. The summed E-state index contributed by atoms with van der Waals surface area (Å²) in [5.41, 5.74) is 2.54. The van der Waals surface area contributed by atoms with Crippen LogP contribution in [0.4, 0.5) is 5.69 Å². The number of nitrogens with one attached hydrogen (secondary N) is 1. The number of thioether (sulfide) groups is 1. The van der Waals surface area contributed by atoms with Gasteiger partial charge >= 0.3 is 0 Å². The Morgan fingerprint density at radius 2 is 1.62 bits per heavy atom. The lowest BCUT2D eigenvalue weighted by Gasteiger charge is -2.23. The van der Waals surface area contributed by atoms with Gasteiger partial charge in [-0.3, -0.25) is 9.10 Å². The number of carbonyl (C=O) groups is 1. The van der Waals surface area contributed by atoms with Crippen molar-refractivity contribution in [3.8, 4) is 5.75 Å². The Bertz CT molecular complexity index is 1190. The third-order valence-corrected chi connectivity index (χ3v) is 8.04. The molecule has 0 aliphatic heterocycles. The highest BCUT2D eigenvalue weighted by Crippen LogP contribution is 2.26. The summed E-state index contributed by atoms with van der Waals surface area (Å²) in [6.07, 6.45) is 2.02. The van der Waals surface area contributed by atoms with E-state index in [0.29, 0.717) is 11.4 Å². The molecule has 0 radical (unpaired) electrons. The second-order valence-corrected chi connectivity index (χ2v) is 10.6. The first-order valence-corrected chi connectivity index (χ1v) is 13.7. The van der Waals surface area contributed by atoms with Crippen molar-refractivity contribution in [2.45, 2.75) is 36.6 Å². The first-order valence-electron chi connectivity index (χ1n) is 11.0. The number of benzene rings is 3. The number of aryl methyl sites for hydroxylation is 1. The summed E-state index contributed by atoms with van der Waals surface area (Å²) < 4.78 is 33.1. The third kappa shape index (κ3) is 6.33. The van der Waals surface area contributed by atoms with Gasteiger partial charge in [0.1, 0.15) is 5.75 Å². The smallest absolute Gasteiger partial charge is 0.264 e. The number of ether oxygens (including phenoxy) is 1. The molecule has 0 bridgehead atoms. The molecule has 0 saturated carbocycles. The van der Waals surface area contributed by atoms with Gasteiger partial charge in [0.25, 0.3) is 15.9 Å². The molecule has 0 saturated heterocycles. The summed E-state index contributed by atoms with van der Waals surface area (Å²) in [7, 11) is -3.68. The van der Waals surface area contributed by atoms with E-state index in [2.05, 4.69) is 5.32 Å². The Morgan fingerprint density at radius 3 is 2.18 bits per heavy atom. The van der Waals surface area contributed by atoms with Crippen molar-refractivity contribution in [2.24, 2.45) is 0 Å². The van der Waals surface area contributed by atoms with E-state index < -0.39 is 10.0 Å². The van der Waals surface area contributed by atoms with Crippen LogP contribution in [0.15, 0.2) is 82.6 Å². The van der Waals surface area contributed by atoms with Crippen LogP contribution >= 0.6 is 11.8 Å². The molecule has 0 aromatic heterocycles. The number of anilines is 1. The molecule has 0 spiro atoms. The lowest BCUT2D eigenvalue weighted by molar-refractivity contribution is -0.123. The maximum atomic E-state index is 13.1. The van der Waals surface area contributed by atoms with Crippen LogP contribution in [-0.2, 0) is 14.8 Å². The van der Waals surface area contributed by atoms with Crippen LogP contribution in [0, 0.1) is 6.92 Å². The lowest BCUT2D eigenvalue weighted by Crippen LogP contribution is -2.31. The summed E-state index contributed by atoms with van der Waals surface area (Å²) in [6, 6.07) is 21.4. The maximum Gasteiger partial charge on any atom is 0.264 e. The summed E-state index contributed by atoms with van der Waals surface area (Å²) >= 11 is 1.67. The molecular weight excluding hydrogens is 468 g/mol. The predicted octanol–water partition coefficient (Wildman–Crippen LogP) is 5.19. The average molecular weight is 499 g/mol. The van der Waals surface area contributed by atoms with Crippen molar-refractivity contribution in [3.05, 3.63) is 83.9 Å². The number of sulfonamides is 1. The minimum absolute atomic E-state index is 0.133. The van der Waals surface area contributed by atoms with Crippen molar-refractivity contribution < 1.29 is 17.9 Å². The Hall–Kier alpha value is -2.97. The van der Waals surface area contributed by atoms with E-state index in [-0.39, 0.29) is 30.0 Å². The zero-order valence-corrected chi connectivity index (χ0v) is 21.4. The van der Waals surface area contributed by atoms with Crippen molar-refractivity contribution in [1.82, 2.24) is 5.32 Å². The fourth-order valence-corrected chi connectivity index (χ4v) is 5.33. The molecule has 180 valence electrons. The molecule has 0 fully saturated rings. The quantitative estimate of drug-likeness (QED) is 0.390. The van der Waals surface area contributed by atoms with Crippen LogP contribution in [0.5, 0.6) is 5.75 Å². The zero-order chi connectivity index (χ0) is 24.7. The molecule has 6 nitrogen and oxygen atoms in total. The second kappa shape index (κ2) is 11.4. The van der Waals surface area contributed by atoms with Crippen LogP contribution in [0.2, 0.25) is 0 Å². The normalized spacial score (nSPS) is 12.1. The molecule has 1 N–H and O–H groups in total. The van der Waals surface area contributed by atoms with Crippen LogP contribution in [0.3, 0.4) is 0 Å². The van der Waals surface area contributed by atoms with Crippen molar-refractivity contribution >= 4 is 33.4 Å². The van der Waals surface area contributed by atoms with Gasteiger partial charge < -0.3 is 10.1 Å². The fourth-order valence-electron chi connectivity index (χ4n) is 3.45.